The van der Waals surface area contributed by atoms with E-state index in [4.69, 9.17) is 0 Å². The zero-order chi connectivity index (χ0) is 12.6. The molecule has 0 fully saturated rings. The van der Waals surface area contributed by atoms with Gasteiger partial charge in [-0.1, -0.05) is 24.3 Å². The summed E-state index contributed by atoms with van der Waals surface area (Å²) in [5.41, 5.74) is 1.13. The first-order chi connectivity index (χ1) is 8.84. The van der Waals surface area contributed by atoms with Gasteiger partial charge in [-0.05, 0) is 31.3 Å². The summed E-state index contributed by atoms with van der Waals surface area (Å²) in [4.78, 5) is 7.98. The van der Waals surface area contributed by atoms with E-state index in [9.17, 15) is 0 Å². The molecule has 0 aliphatic carbocycles. The van der Waals surface area contributed by atoms with Gasteiger partial charge in [0.05, 0.1) is 5.69 Å². The van der Waals surface area contributed by atoms with Crippen molar-refractivity contribution in [3.05, 3.63) is 60.4 Å². The molecule has 1 heterocycles. The van der Waals surface area contributed by atoms with E-state index in [-0.39, 0.29) is 0 Å². The first kappa shape index (κ1) is 13.1. The average Bonchev–Trinajstić information content (AvgIpc) is 2.41. The van der Waals surface area contributed by atoms with Gasteiger partial charge in [-0.2, -0.15) is 0 Å². The van der Waals surface area contributed by atoms with E-state index in [0.717, 1.165) is 24.5 Å². The van der Waals surface area contributed by atoms with E-state index in [1.807, 2.05) is 30.1 Å². The van der Waals surface area contributed by atoms with Gasteiger partial charge in [-0.3, -0.25) is 9.88 Å². The summed E-state index contributed by atoms with van der Waals surface area (Å²) in [6.07, 6.45) is 1.85. The Morgan fingerprint density at radius 2 is 1.83 bits per heavy atom. The maximum atomic E-state index is 4.34. The number of benzene rings is 1. The van der Waals surface area contributed by atoms with E-state index in [1.165, 1.54) is 4.90 Å². The van der Waals surface area contributed by atoms with Crippen LogP contribution in [0.15, 0.2) is 59.6 Å². The third-order valence-electron chi connectivity index (χ3n) is 2.64. The van der Waals surface area contributed by atoms with Crippen molar-refractivity contribution in [2.75, 3.05) is 19.3 Å². The number of hydrogen-bond donors (Lipinski definition) is 0. The smallest absolute Gasteiger partial charge is 0.0543 e. The Hall–Kier alpha value is -1.32. The molecule has 0 bridgehead atoms. The van der Waals surface area contributed by atoms with Crippen molar-refractivity contribution >= 4 is 11.8 Å². The molecule has 0 spiro atoms. The van der Waals surface area contributed by atoms with Crippen molar-refractivity contribution in [1.29, 1.82) is 0 Å². The maximum Gasteiger partial charge on any atom is 0.0543 e. The SMILES string of the molecule is CN(CCSc1ccccc1)Cc1ccccn1. The molecular formula is C15H18N2S. The fourth-order valence-electron chi connectivity index (χ4n) is 1.68. The molecule has 1 aromatic heterocycles. The Morgan fingerprint density at radius 3 is 2.56 bits per heavy atom. The van der Waals surface area contributed by atoms with Crippen LogP contribution >= 0.6 is 11.8 Å². The molecule has 0 aliphatic rings. The second-order valence-electron chi connectivity index (χ2n) is 4.22. The molecular weight excluding hydrogens is 240 g/mol. The van der Waals surface area contributed by atoms with Gasteiger partial charge in [-0.25, -0.2) is 0 Å². The maximum absolute atomic E-state index is 4.34. The van der Waals surface area contributed by atoms with Crippen LogP contribution in [-0.2, 0) is 6.54 Å². The number of nitrogens with zero attached hydrogens (tertiary/aromatic N) is 2. The molecule has 0 amide bonds. The van der Waals surface area contributed by atoms with Crippen LogP contribution in [0.1, 0.15) is 5.69 Å². The lowest BCUT2D eigenvalue weighted by Crippen LogP contribution is -2.21. The largest absolute Gasteiger partial charge is 0.300 e. The zero-order valence-electron chi connectivity index (χ0n) is 10.6. The van der Waals surface area contributed by atoms with Crippen LogP contribution in [0.3, 0.4) is 0 Å². The molecule has 1 aromatic carbocycles. The number of hydrogen-bond acceptors (Lipinski definition) is 3. The van der Waals surface area contributed by atoms with Crippen LogP contribution < -0.4 is 0 Å². The highest BCUT2D eigenvalue weighted by molar-refractivity contribution is 7.99. The van der Waals surface area contributed by atoms with Gasteiger partial charge < -0.3 is 0 Å². The molecule has 0 saturated heterocycles. The summed E-state index contributed by atoms with van der Waals surface area (Å²) in [7, 11) is 2.14. The van der Waals surface area contributed by atoms with Gasteiger partial charge in [0.15, 0.2) is 0 Å². The second-order valence-corrected chi connectivity index (χ2v) is 5.39. The van der Waals surface area contributed by atoms with Crippen LogP contribution in [0, 0.1) is 0 Å². The van der Waals surface area contributed by atoms with E-state index in [0.29, 0.717) is 0 Å². The molecule has 0 atom stereocenters. The Kier molecular flexibility index (Phi) is 5.24. The predicted molar refractivity (Wildman–Crippen MR) is 77.7 cm³/mol. The third-order valence-corrected chi connectivity index (χ3v) is 3.64. The summed E-state index contributed by atoms with van der Waals surface area (Å²) in [6, 6.07) is 16.6. The topological polar surface area (TPSA) is 16.1 Å². The molecule has 2 nitrogen and oxygen atoms in total. The summed E-state index contributed by atoms with van der Waals surface area (Å²) >= 11 is 1.90. The van der Waals surface area contributed by atoms with E-state index in [1.54, 1.807) is 0 Å². The van der Waals surface area contributed by atoms with Crippen LogP contribution in [0.2, 0.25) is 0 Å². The highest BCUT2D eigenvalue weighted by Gasteiger charge is 2.01. The number of pyridine rings is 1. The van der Waals surface area contributed by atoms with Crippen LogP contribution in [0.25, 0.3) is 0 Å². The van der Waals surface area contributed by atoms with Gasteiger partial charge in [0.1, 0.15) is 0 Å². The zero-order valence-corrected chi connectivity index (χ0v) is 11.4. The Bertz CT molecular complexity index is 445. The first-order valence-corrected chi connectivity index (χ1v) is 7.09. The highest BCUT2D eigenvalue weighted by Crippen LogP contribution is 2.16. The molecule has 0 radical (unpaired) electrons. The molecule has 0 aliphatic heterocycles. The van der Waals surface area contributed by atoms with Crippen LogP contribution in [0.5, 0.6) is 0 Å². The monoisotopic (exact) mass is 258 g/mol. The molecule has 18 heavy (non-hydrogen) atoms. The minimum Gasteiger partial charge on any atom is -0.300 e. The van der Waals surface area contributed by atoms with Gasteiger partial charge in [0.25, 0.3) is 0 Å². The van der Waals surface area contributed by atoms with Crippen molar-refractivity contribution < 1.29 is 0 Å². The average molecular weight is 258 g/mol. The predicted octanol–water partition coefficient (Wildman–Crippen LogP) is 3.31. The van der Waals surface area contributed by atoms with Gasteiger partial charge in [0, 0.05) is 29.9 Å². The van der Waals surface area contributed by atoms with E-state index in [2.05, 4.69) is 53.3 Å². The minimum atomic E-state index is 0.913. The molecule has 2 aromatic rings. The lowest BCUT2D eigenvalue weighted by Gasteiger charge is -2.15. The molecule has 0 saturated carbocycles. The molecule has 2 rings (SSSR count). The van der Waals surface area contributed by atoms with Crippen LogP contribution in [0.4, 0.5) is 0 Å². The number of aromatic nitrogens is 1. The summed E-state index contributed by atoms with van der Waals surface area (Å²) in [5.74, 6) is 1.10. The van der Waals surface area contributed by atoms with Gasteiger partial charge in [0.2, 0.25) is 0 Å². The Balaban J connectivity index is 1.71. The van der Waals surface area contributed by atoms with Crippen molar-refractivity contribution in [3.63, 3.8) is 0 Å². The van der Waals surface area contributed by atoms with Crippen molar-refractivity contribution in [1.82, 2.24) is 9.88 Å². The minimum absolute atomic E-state index is 0.913. The fourth-order valence-corrected chi connectivity index (χ4v) is 2.67. The van der Waals surface area contributed by atoms with Gasteiger partial charge in [-0.15, -0.1) is 11.8 Å². The fraction of sp³-hybridized carbons (Fsp3) is 0.267. The summed E-state index contributed by atoms with van der Waals surface area (Å²) in [6.45, 7) is 1.98. The molecule has 0 N–H and O–H groups in total. The number of rotatable bonds is 6. The first-order valence-electron chi connectivity index (χ1n) is 6.11. The van der Waals surface area contributed by atoms with E-state index < -0.39 is 0 Å². The quantitative estimate of drug-likeness (QED) is 0.740. The number of thioether (sulfide) groups is 1. The van der Waals surface area contributed by atoms with Crippen molar-refractivity contribution in [2.24, 2.45) is 0 Å². The van der Waals surface area contributed by atoms with Crippen LogP contribution in [-0.4, -0.2) is 29.2 Å². The van der Waals surface area contributed by atoms with Crippen molar-refractivity contribution in [2.45, 2.75) is 11.4 Å². The lowest BCUT2D eigenvalue weighted by molar-refractivity contribution is 0.344. The molecule has 0 unspecified atom stereocenters. The second kappa shape index (κ2) is 7.19. The van der Waals surface area contributed by atoms with E-state index >= 15 is 0 Å². The molecule has 94 valence electrons. The standard InChI is InChI=1S/C15H18N2S/c1-17(13-14-7-5-6-10-16-14)11-12-18-15-8-3-2-4-9-15/h2-10H,11-13H2,1H3. The Labute approximate surface area is 113 Å². The normalized spacial score (nSPS) is 10.8. The lowest BCUT2D eigenvalue weighted by atomic mass is 10.3. The highest BCUT2D eigenvalue weighted by atomic mass is 32.2. The molecule has 3 heteroatoms. The Morgan fingerprint density at radius 1 is 1.06 bits per heavy atom. The summed E-state index contributed by atoms with van der Waals surface area (Å²) < 4.78 is 0. The summed E-state index contributed by atoms with van der Waals surface area (Å²) in [5, 5.41) is 0. The van der Waals surface area contributed by atoms with Gasteiger partial charge >= 0.3 is 0 Å². The third kappa shape index (κ3) is 4.51. The van der Waals surface area contributed by atoms with Crippen molar-refractivity contribution in [3.8, 4) is 0 Å².